The van der Waals surface area contributed by atoms with Crippen LogP contribution in [0.3, 0.4) is 0 Å². The van der Waals surface area contributed by atoms with Crippen LogP contribution in [0.5, 0.6) is 11.5 Å². The molecule has 1 fully saturated rings. The van der Waals surface area contributed by atoms with Gasteiger partial charge in [0.15, 0.2) is 11.5 Å². The van der Waals surface area contributed by atoms with Crippen LogP contribution in [-0.2, 0) is 19.6 Å². The average molecular weight is 489 g/mol. The lowest BCUT2D eigenvalue weighted by atomic mass is 9.95. The maximum absolute atomic E-state index is 13.1. The Morgan fingerprint density at radius 3 is 2.35 bits per heavy atom. The van der Waals surface area contributed by atoms with Gasteiger partial charge in [-0.1, -0.05) is 29.8 Å². The van der Waals surface area contributed by atoms with Crippen molar-refractivity contribution in [1.29, 1.82) is 0 Å². The van der Waals surface area contributed by atoms with Gasteiger partial charge < -0.3 is 19.9 Å². The fourth-order valence-corrected chi connectivity index (χ4v) is 5.69. The molecular weight excluding hydrogens is 460 g/mol. The van der Waals surface area contributed by atoms with Crippen molar-refractivity contribution in [2.45, 2.75) is 37.1 Å². The first-order chi connectivity index (χ1) is 16.2. The minimum absolute atomic E-state index is 0.126. The van der Waals surface area contributed by atoms with E-state index in [0.717, 1.165) is 11.1 Å². The van der Waals surface area contributed by atoms with Gasteiger partial charge in [-0.25, -0.2) is 8.42 Å². The van der Waals surface area contributed by atoms with Crippen LogP contribution < -0.4 is 14.8 Å². The van der Waals surface area contributed by atoms with Crippen LogP contribution in [0.1, 0.15) is 36.4 Å². The van der Waals surface area contributed by atoms with E-state index in [1.807, 2.05) is 31.2 Å². The second-order valence-corrected chi connectivity index (χ2v) is 10.5. The zero-order valence-electron chi connectivity index (χ0n) is 18.9. The quantitative estimate of drug-likeness (QED) is 0.614. The third-order valence-corrected chi connectivity index (χ3v) is 8.05. The van der Waals surface area contributed by atoms with E-state index in [1.54, 1.807) is 6.07 Å². The summed E-state index contributed by atoms with van der Waals surface area (Å²) < 4.78 is 38.6. The van der Waals surface area contributed by atoms with E-state index in [-0.39, 0.29) is 30.3 Å². The zero-order valence-corrected chi connectivity index (χ0v) is 19.7. The number of nitrogens with zero attached hydrogens (tertiary/aromatic N) is 1. The van der Waals surface area contributed by atoms with Crippen LogP contribution in [0.25, 0.3) is 0 Å². The molecule has 34 heavy (non-hydrogen) atoms. The Balaban J connectivity index is 1.39. The van der Waals surface area contributed by atoms with E-state index < -0.39 is 28.0 Å². The molecule has 2 aliphatic rings. The van der Waals surface area contributed by atoms with Gasteiger partial charge in [0.1, 0.15) is 13.2 Å². The summed E-state index contributed by atoms with van der Waals surface area (Å²) in [6.07, 6.45) is 0.471. The number of hydrogen-bond donors (Lipinski definition) is 2. The van der Waals surface area contributed by atoms with Crippen LogP contribution in [0, 0.1) is 12.8 Å². The highest BCUT2D eigenvalue weighted by Crippen LogP contribution is 2.34. The minimum Gasteiger partial charge on any atom is -0.486 e. The van der Waals surface area contributed by atoms with Gasteiger partial charge in [-0.15, -0.1) is 0 Å². The molecule has 4 rings (SSSR count). The van der Waals surface area contributed by atoms with Gasteiger partial charge in [-0.2, -0.15) is 4.31 Å². The van der Waals surface area contributed by atoms with E-state index in [4.69, 9.17) is 9.47 Å². The number of carboxylic acids is 1. The molecular formula is C24H28N2O7S. The predicted molar refractivity (Wildman–Crippen MR) is 123 cm³/mol. The third-order valence-electron chi connectivity index (χ3n) is 6.15. The number of aliphatic carboxylic acids is 1. The van der Waals surface area contributed by atoms with Crippen molar-refractivity contribution in [2.24, 2.45) is 5.92 Å². The van der Waals surface area contributed by atoms with Gasteiger partial charge in [0.2, 0.25) is 15.9 Å². The SMILES string of the molecule is Cc1ccc(C(CC(=O)O)NC(=O)C2CCN(S(=O)(=O)c3ccc4c(c3)OCCO4)CC2)cc1. The van der Waals surface area contributed by atoms with Crippen molar-refractivity contribution >= 4 is 21.9 Å². The fraction of sp³-hybridized carbons (Fsp3) is 0.417. The monoisotopic (exact) mass is 488 g/mol. The third kappa shape index (κ3) is 5.34. The fourth-order valence-electron chi connectivity index (χ4n) is 4.21. The normalized spacial score (nSPS) is 17.7. The van der Waals surface area contributed by atoms with Crippen molar-refractivity contribution in [1.82, 2.24) is 9.62 Å². The summed E-state index contributed by atoms with van der Waals surface area (Å²) in [6, 6.07) is 11.3. The highest BCUT2D eigenvalue weighted by Gasteiger charge is 2.33. The van der Waals surface area contributed by atoms with Gasteiger partial charge in [0.05, 0.1) is 17.4 Å². The van der Waals surface area contributed by atoms with Gasteiger partial charge in [0, 0.05) is 25.1 Å². The molecule has 0 saturated carbocycles. The van der Waals surface area contributed by atoms with Gasteiger partial charge >= 0.3 is 5.97 Å². The van der Waals surface area contributed by atoms with Crippen molar-refractivity contribution in [3.8, 4) is 11.5 Å². The lowest BCUT2D eigenvalue weighted by molar-refractivity contribution is -0.138. The Morgan fingerprint density at radius 1 is 1.06 bits per heavy atom. The number of carbonyl (C=O) groups excluding carboxylic acids is 1. The molecule has 2 heterocycles. The second-order valence-electron chi connectivity index (χ2n) is 8.55. The number of carboxylic acid groups (broad SMARTS) is 1. The van der Waals surface area contributed by atoms with Crippen LogP contribution in [0.2, 0.25) is 0 Å². The maximum Gasteiger partial charge on any atom is 0.305 e. The molecule has 1 saturated heterocycles. The van der Waals surface area contributed by atoms with E-state index in [9.17, 15) is 23.1 Å². The van der Waals surface area contributed by atoms with Crippen LogP contribution in [0.15, 0.2) is 47.4 Å². The average Bonchev–Trinajstić information content (AvgIpc) is 2.83. The number of ether oxygens (including phenoxy) is 2. The molecule has 0 aliphatic carbocycles. The summed E-state index contributed by atoms with van der Waals surface area (Å²) in [5, 5.41) is 12.1. The molecule has 0 spiro atoms. The number of benzene rings is 2. The molecule has 182 valence electrons. The Morgan fingerprint density at radius 2 is 1.71 bits per heavy atom. The Hall–Kier alpha value is -3.11. The highest BCUT2D eigenvalue weighted by atomic mass is 32.2. The number of amides is 1. The molecule has 2 aromatic carbocycles. The zero-order chi connectivity index (χ0) is 24.3. The number of rotatable bonds is 7. The van der Waals surface area contributed by atoms with E-state index in [2.05, 4.69) is 5.32 Å². The molecule has 10 heteroatoms. The summed E-state index contributed by atoms with van der Waals surface area (Å²) in [7, 11) is -3.74. The molecule has 9 nitrogen and oxygen atoms in total. The van der Waals surface area contributed by atoms with Crippen molar-refractivity contribution < 1.29 is 32.6 Å². The standard InChI is InChI=1S/C24H28N2O7S/c1-16-2-4-17(5-3-16)20(15-23(27)28)25-24(29)18-8-10-26(11-9-18)34(30,31)19-6-7-21-22(14-19)33-13-12-32-21/h2-7,14,18,20H,8-13,15H2,1H3,(H,25,29)(H,27,28). The molecule has 0 aromatic heterocycles. The van der Waals surface area contributed by atoms with Gasteiger partial charge in [-0.3, -0.25) is 9.59 Å². The molecule has 2 N–H and O–H groups in total. The molecule has 2 aliphatic heterocycles. The molecule has 2 aromatic rings. The summed E-state index contributed by atoms with van der Waals surface area (Å²) in [4.78, 5) is 24.4. The number of fused-ring (bicyclic) bond motifs is 1. The first kappa shape index (κ1) is 24.0. The van der Waals surface area contributed by atoms with Gasteiger partial charge in [-0.05, 0) is 37.5 Å². The second kappa shape index (κ2) is 10.0. The molecule has 1 unspecified atom stereocenters. The maximum atomic E-state index is 13.1. The molecule has 0 radical (unpaired) electrons. The molecule has 1 amide bonds. The number of sulfonamides is 1. The van der Waals surface area contributed by atoms with Crippen molar-refractivity contribution in [3.63, 3.8) is 0 Å². The smallest absolute Gasteiger partial charge is 0.305 e. The van der Waals surface area contributed by atoms with E-state index in [0.29, 0.717) is 37.6 Å². The van der Waals surface area contributed by atoms with Crippen molar-refractivity contribution in [3.05, 3.63) is 53.6 Å². The lowest BCUT2D eigenvalue weighted by Crippen LogP contribution is -2.43. The first-order valence-corrected chi connectivity index (χ1v) is 12.7. The summed E-state index contributed by atoms with van der Waals surface area (Å²) >= 11 is 0. The topological polar surface area (TPSA) is 122 Å². The Kier molecular flexibility index (Phi) is 7.08. The largest absolute Gasteiger partial charge is 0.486 e. The summed E-state index contributed by atoms with van der Waals surface area (Å²) in [5.74, 6) is -0.741. The van der Waals surface area contributed by atoms with Crippen LogP contribution in [0.4, 0.5) is 0 Å². The van der Waals surface area contributed by atoms with E-state index in [1.165, 1.54) is 16.4 Å². The number of hydrogen-bond acceptors (Lipinski definition) is 6. The number of piperidine rings is 1. The Bertz CT molecular complexity index is 1160. The first-order valence-electron chi connectivity index (χ1n) is 11.2. The number of nitrogens with one attached hydrogen (secondary N) is 1. The van der Waals surface area contributed by atoms with Gasteiger partial charge in [0.25, 0.3) is 0 Å². The Labute approximate surface area is 198 Å². The highest BCUT2D eigenvalue weighted by molar-refractivity contribution is 7.89. The predicted octanol–water partition coefficient (Wildman–Crippen LogP) is 2.50. The summed E-state index contributed by atoms with van der Waals surface area (Å²) in [6.45, 7) is 3.11. The van der Waals surface area contributed by atoms with Crippen LogP contribution in [-0.4, -0.2) is 56.0 Å². The summed E-state index contributed by atoms with van der Waals surface area (Å²) in [5.41, 5.74) is 1.76. The molecule has 0 bridgehead atoms. The number of aryl methyl sites for hydroxylation is 1. The molecule has 1 atom stereocenters. The minimum atomic E-state index is -3.74. The van der Waals surface area contributed by atoms with E-state index >= 15 is 0 Å². The van der Waals surface area contributed by atoms with Crippen LogP contribution >= 0.6 is 0 Å². The number of carbonyl (C=O) groups is 2. The van der Waals surface area contributed by atoms with Crippen molar-refractivity contribution in [2.75, 3.05) is 26.3 Å². The lowest BCUT2D eigenvalue weighted by Gasteiger charge is -2.31.